The standard InChI is InChI=1S/C14H22N4O/c15-13(16)12-7-4-8-17-14(12)18(9-10-19)11-5-2-1-3-6-11/h4,7-8,11,19H,1-3,5-6,9-10H2,(H3,15,16). The second kappa shape index (κ2) is 6.52. The molecule has 0 radical (unpaired) electrons. The van der Waals surface area contributed by atoms with Crippen molar-refractivity contribution in [1.82, 2.24) is 4.98 Å². The molecule has 19 heavy (non-hydrogen) atoms. The van der Waals surface area contributed by atoms with Gasteiger partial charge in [-0.2, -0.15) is 0 Å². The zero-order valence-corrected chi connectivity index (χ0v) is 11.2. The van der Waals surface area contributed by atoms with Gasteiger partial charge in [-0.25, -0.2) is 4.98 Å². The van der Waals surface area contributed by atoms with Gasteiger partial charge in [0.1, 0.15) is 11.7 Å². The fraction of sp³-hybridized carbons (Fsp3) is 0.571. The molecular weight excluding hydrogens is 240 g/mol. The topological polar surface area (TPSA) is 86.2 Å². The van der Waals surface area contributed by atoms with Crippen LogP contribution in [0.25, 0.3) is 0 Å². The number of anilines is 1. The van der Waals surface area contributed by atoms with Crippen LogP contribution in [-0.4, -0.2) is 35.1 Å². The average molecular weight is 262 g/mol. The molecule has 0 bridgehead atoms. The number of aliphatic hydroxyl groups is 1. The van der Waals surface area contributed by atoms with E-state index >= 15 is 0 Å². The van der Waals surface area contributed by atoms with Crippen molar-refractivity contribution in [3.63, 3.8) is 0 Å². The number of rotatable bonds is 5. The fourth-order valence-corrected chi connectivity index (χ4v) is 2.80. The van der Waals surface area contributed by atoms with E-state index < -0.39 is 0 Å². The van der Waals surface area contributed by atoms with Gasteiger partial charge >= 0.3 is 0 Å². The first-order valence-corrected chi connectivity index (χ1v) is 6.91. The summed E-state index contributed by atoms with van der Waals surface area (Å²) in [7, 11) is 0. The van der Waals surface area contributed by atoms with Crippen LogP contribution in [0.3, 0.4) is 0 Å². The third kappa shape index (κ3) is 3.23. The van der Waals surface area contributed by atoms with Crippen LogP contribution in [0.1, 0.15) is 37.7 Å². The van der Waals surface area contributed by atoms with E-state index in [1.54, 1.807) is 12.3 Å². The lowest BCUT2D eigenvalue weighted by molar-refractivity contribution is 0.289. The molecule has 1 aliphatic rings. The van der Waals surface area contributed by atoms with Crippen molar-refractivity contribution in [1.29, 1.82) is 5.41 Å². The Balaban J connectivity index is 2.29. The van der Waals surface area contributed by atoms with Crippen molar-refractivity contribution in [3.8, 4) is 0 Å². The van der Waals surface area contributed by atoms with Crippen LogP contribution in [0.15, 0.2) is 18.3 Å². The molecule has 1 aromatic rings. The number of nitrogens with zero attached hydrogens (tertiary/aromatic N) is 2. The van der Waals surface area contributed by atoms with E-state index in [9.17, 15) is 5.11 Å². The van der Waals surface area contributed by atoms with Gasteiger partial charge in [0.05, 0.1) is 12.2 Å². The van der Waals surface area contributed by atoms with Crippen LogP contribution in [0.2, 0.25) is 0 Å². The number of aliphatic hydroxyl groups excluding tert-OH is 1. The van der Waals surface area contributed by atoms with Gasteiger partial charge in [-0.15, -0.1) is 0 Å². The SMILES string of the molecule is N=C(N)c1cccnc1N(CCO)C1CCCCC1. The molecule has 0 saturated heterocycles. The van der Waals surface area contributed by atoms with Crippen molar-refractivity contribution in [2.75, 3.05) is 18.1 Å². The molecule has 1 aliphatic carbocycles. The summed E-state index contributed by atoms with van der Waals surface area (Å²) in [5, 5.41) is 17.0. The second-order valence-corrected chi connectivity index (χ2v) is 5.00. The average Bonchev–Trinajstić information content (AvgIpc) is 2.45. The van der Waals surface area contributed by atoms with Crippen molar-refractivity contribution in [3.05, 3.63) is 23.9 Å². The molecule has 0 spiro atoms. The van der Waals surface area contributed by atoms with Crippen LogP contribution in [-0.2, 0) is 0 Å². The molecule has 0 aliphatic heterocycles. The normalized spacial score (nSPS) is 16.3. The summed E-state index contributed by atoms with van der Waals surface area (Å²) < 4.78 is 0. The maximum Gasteiger partial charge on any atom is 0.139 e. The first-order valence-electron chi connectivity index (χ1n) is 6.91. The molecule has 0 atom stereocenters. The molecule has 1 saturated carbocycles. The molecule has 1 aromatic heterocycles. The molecule has 4 N–H and O–H groups in total. The monoisotopic (exact) mass is 262 g/mol. The predicted octanol–water partition coefficient (Wildman–Crippen LogP) is 1.50. The summed E-state index contributed by atoms with van der Waals surface area (Å²) in [6.45, 7) is 0.631. The minimum atomic E-state index is 0.0295. The summed E-state index contributed by atoms with van der Waals surface area (Å²) in [6, 6.07) is 4.00. The highest BCUT2D eigenvalue weighted by Gasteiger charge is 2.24. The molecule has 5 nitrogen and oxygen atoms in total. The summed E-state index contributed by atoms with van der Waals surface area (Å²) in [5.74, 6) is 0.762. The van der Waals surface area contributed by atoms with Gasteiger partial charge < -0.3 is 15.7 Å². The first kappa shape index (κ1) is 13.8. The van der Waals surface area contributed by atoms with E-state index in [1.807, 2.05) is 6.07 Å². The van der Waals surface area contributed by atoms with Gasteiger partial charge in [0, 0.05) is 18.8 Å². The quantitative estimate of drug-likeness (QED) is 0.554. The fourth-order valence-electron chi connectivity index (χ4n) is 2.80. The van der Waals surface area contributed by atoms with E-state index in [0.717, 1.165) is 18.7 Å². The Kier molecular flexibility index (Phi) is 4.74. The van der Waals surface area contributed by atoms with Crippen LogP contribution in [0.4, 0.5) is 5.82 Å². The van der Waals surface area contributed by atoms with Gasteiger partial charge in [-0.1, -0.05) is 19.3 Å². The second-order valence-electron chi connectivity index (χ2n) is 5.00. The van der Waals surface area contributed by atoms with Gasteiger partial charge in [-0.3, -0.25) is 5.41 Å². The highest BCUT2D eigenvalue weighted by Crippen LogP contribution is 2.27. The highest BCUT2D eigenvalue weighted by molar-refractivity contribution is 5.99. The lowest BCUT2D eigenvalue weighted by Crippen LogP contribution is -2.40. The van der Waals surface area contributed by atoms with Gasteiger partial charge in [0.2, 0.25) is 0 Å². The Morgan fingerprint density at radius 3 is 2.79 bits per heavy atom. The molecule has 104 valence electrons. The number of nitrogens with one attached hydrogen (secondary N) is 1. The Hall–Kier alpha value is -1.62. The first-order chi connectivity index (χ1) is 9.24. The number of aromatic nitrogens is 1. The van der Waals surface area contributed by atoms with Crippen LogP contribution in [0.5, 0.6) is 0 Å². The molecule has 0 aromatic carbocycles. The van der Waals surface area contributed by atoms with Crippen LogP contribution in [0, 0.1) is 5.41 Å². The molecule has 2 rings (SSSR count). The number of hydrogen-bond donors (Lipinski definition) is 3. The van der Waals surface area contributed by atoms with Crippen molar-refractivity contribution in [2.45, 2.75) is 38.1 Å². The summed E-state index contributed by atoms with van der Waals surface area (Å²) in [4.78, 5) is 6.51. The number of nitrogens with two attached hydrogens (primary N) is 1. The lowest BCUT2D eigenvalue weighted by Gasteiger charge is -2.35. The zero-order valence-electron chi connectivity index (χ0n) is 11.2. The van der Waals surface area contributed by atoms with E-state index in [-0.39, 0.29) is 12.4 Å². The van der Waals surface area contributed by atoms with E-state index in [1.165, 1.54) is 19.3 Å². The molecular formula is C14H22N4O. The Morgan fingerprint density at radius 1 is 1.42 bits per heavy atom. The molecule has 1 heterocycles. The number of amidine groups is 1. The lowest BCUT2D eigenvalue weighted by atomic mass is 9.94. The van der Waals surface area contributed by atoms with Gasteiger partial charge in [-0.05, 0) is 25.0 Å². The molecule has 0 amide bonds. The van der Waals surface area contributed by atoms with E-state index in [0.29, 0.717) is 18.2 Å². The summed E-state index contributed by atoms with van der Waals surface area (Å²) >= 11 is 0. The molecule has 0 unspecified atom stereocenters. The third-order valence-electron chi connectivity index (χ3n) is 3.71. The zero-order chi connectivity index (χ0) is 13.7. The molecule has 5 heteroatoms. The number of hydrogen-bond acceptors (Lipinski definition) is 4. The smallest absolute Gasteiger partial charge is 0.139 e. The summed E-state index contributed by atoms with van der Waals surface area (Å²) in [6.07, 6.45) is 7.67. The van der Waals surface area contributed by atoms with E-state index in [2.05, 4.69) is 9.88 Å². The maximum atomic E-state index is 9.30. The van der Waals surface area contributed by atoms with Gasteiger partial charge in [0.25, 0.3) is 0 Å². The number of pyridine rings is 1. The van der Waals surface area contributed by atoms with Gasteiger partial charge in [0.15, 0.2) is 0 Å². The van der Waals surface area contributed by atoms with E-state index in [4.69, 9.17) is 11.1 Å². The highest BCUT2D eigenvalue weighted by atomic mass is 16.3. The summed E-state index contributed by atoms with van der Waals surface area (Å²) in [5.41, 5.74) is 6.29. The Labute approximate surface area is 114 Å². The van der Waals surface area contributed by atoms with Crippen molar-refractivity contribution < 1.29 is 5.11 Å². The van der Waals surface area contributed by atoms with Crippen molar-refractivity contribution >= 4 is 11.7 Å². The third-order valence-corrected chi connectivity index (χ3v) is 3.71. The molecule has 1 fully saturated rings. The van der Waals surface area contributed by atoms with Crippen molar-refractivity contribution in [2.24, 2.45) is 5.73 Å². The Bertz CT molecular complexity index is 429. The minimum absolute atomic E-state index is 0.0295. The van der Waals surface area contributed by atoms with Crippen LogP contribution >= 0.6 is 0 Å². The van der Waals surface area contributed by atoms with Crippen LogP contribution < -0.4 is 10.6 Å². The number of nitrogen functional groups attached to an aromatic ring is 1. The largest absolute Gasteiger partial charge is 0.395 e. The maximum absolute atomic E-state index is 9.30. The minimum Gasteiger partial charge on any atom is -0.395 e. The Morgan fingerprint density at radius 2 is 2.16 bits per heavy atom. The predicted molar refractivity (Wildman–Crippen MR) is 76.6 cm³/mol.